The number of nitrogens with zero attached hydrogens (tertiary/aromatic N) is 4. The van der Waals surface area contributed by atoms with Gasteiger partial charge in [-0.15, -0.1) is 10.2 Å². The number of aromatic nitrogens is 2. The van der Waals surface area contributed by atoms with Crippen LogP contribution in [0, 0.1) is 0 Å². The summed E-state index contributed by atoms with van der Waals surface area (Å²) >= 11 is 1.45. The second-order valence-electron chi connectivity index (χ2n) is 7.74. The molecule has 1 saturated heterocycles. The van der Waals surface area contributed by atoms with Crippen LogP contribution in [0.1, 0.15) is 82.6 Å². The van der Waals surface area contributed by atoms with Crippen molar-refractivity contribution < 1.29 is 14.3 Å². The molecule has 2 aliphatic rings. The van der Waals surface area contributed by atoms with Gasteiger partial charge in [0.25, 0.3) is 0 Å². The summed E-state index contributed by atoms with van der Waals surface area (Å²) in [7, 11) is 0. The van der Waals surface area contributed by atoms with Gasteiger partial charge in [-0.05, 0) is 32.6 Å². The summed E-state index contributed by atoms with van der Waals surface area (Å²) in [4.78, 5) is 28.9. The maximum absolute atomic E-state index is 13.2. The predicted octanol–water partition coefficient (Wildman–Crippen LogP) is 4.85. The molecule has 1 aliphatic carbocycles. The van der Waals surface area contributed by atoms with Crippen LogP contribution < -0.4 is 4.90 Å². The Morgan fingerprint density at radius 1 is 1.24 bits per heavy atom. The van der Waals surface area contributed by atoms with Crippen LogP contribution in [0.15, 0.2) is 12.2 Å². The fraction of sp³-hybridized carbons (Fsp3) is 0.714. The Morgan fingerprint density at radius 2 is 2.07 bits per heavy atom. The molecule has 29 heavy (non-hydrogen) atoms. The summed E-state index contributed by atoms with van der Waals surface area (Å²) in [5.41, 5.74) is 0. The Labute approximate surface area is 177 Å². The Hall–Kier alpha value is -1.96. The van der Waals surface area contributed by atoms with Crippen molar-refractivity contribution in [3.8, 4) is 0 Å². The Morgan fingerprint density at radius 3 is 2.79 bits per heavy atom. The van der Waals surface area contributed by atoms with Crippen LogP contribution in [0.25, 0.3) is 0 Å². The second kappa shape index (κ2) is 10.7. The van der Waals surface area contributed by atoms with Gasteiger partial charge in [0.15, 0.2) is 6.23 Å². The number of unbranched alkanes of at least 4 members (excludes halogenated alkanes) is 3. The molecule has 1 aromatic rings. The molecule has 1 unspecified atom stereocenters. The molecule has 7 nitrogen and oxygen atoms in total. The quantitative estimate of drug-likeness (QED) is 0.290. The lowest BCUT2D eigenvalue weighted by molar-refractivity contribution is -0.149. The molecular weight excluding hydrogens is 388 g/mol. The van der Waals surface area contributed by atoms with Crippen LogP contribution in [0.5, 0.6) is 0 Å². The minimum Gasteiger partial charge on any atom is -0.441 e. The highest BCUT2D eigenvalue weighted by atomic mass is 32.1. The van der Waals surface area contributed by atoms with Gasteiger partial charge in [-0.3, -0.25) is 4.79 Å². The Balaban J connectivity index is 1.68. The number of ether oxygens (including phenoxy) is 1. The smallest absolute Gasteiger partial charge is 0.329 e. The van der Waals surface area contributed by atoms with E-state index in [1.165, 1.54) is 24.2 Å². The molecule has 0 radical (unpaired) electrons. The third-order valence-electron chi connectivity index (χ3n) is 5.27. The molecule has 1 aliphatic heterocycles. The van der Waals surface area contributed by atoms with E-state index in [0.29, 0.717) is 36.9 Å². The average molecular weight is 421 g/mol. The minimum atomic E-state index is -0.604. The van der Waals surface area contributed by atoms with Gasteiger partial charge in [0.05, 0.1) is 0 Å². The van der Waals surface area contributed by atoms with Crippen molar-refractivity contribution in [2.45, 2.75) is 83.8 Å². The zero-order chi connectivity index (χ0) is 20.6. The highest BCUT2D eigenvalue weighted by Gasteiger charge is 2.39. The highest BCUT2D eigenvalue weighted by Crippen LogP contribution is 2.43. The number of rotatable bonds is 11. The van der Waals surface area contributed by atoms with Crippen LogP contribution in [0.4, 0.5) is 9.93 Å². The van der Waals surface area contributed by atoms with Gasteiger partial charge in [-0.2, -0.15) is 0 Å². The highest BCUT2D eigenvalue weighted by molar-refractivity contribution is 7.15. The number of urea groups is 1. The molecule has 0 N–H and O–H groups in total. The number of hydrogen-bond donors (Lipinski definition) is 0. The predicted molar refractivity (Wildman–Crippen MR) is 114 cm³/mol. The number of hydrogen-bond acceptors (Lipinski definition) is 6. The van der Waals surface area contributed by atoms with E-state index in [1.807, 2.05) is 24.0 Å². The van der Waals surface area contributed by atoms with E-state index in [0.717, 1.165) is 37.2 Å². The van der Waals surface area contributed by atoms with E-state index in [-0.39, 0.29) is 12.0 Å². The summed E-state index contributed by atoms with van der Waals surface area (Å²) in [6, 6.07) is -0.127. The zero-order valence-electron chi connectivity index (χ0n) is 17.5. The normalized spacial score (nSPS) is 19.9. The summed E-state index contributed by atoms with van der Waals surface area (Å²) in [6.45, 7) is 5.43. The van der Waals surface area contributed by atoms with Gasteiger partial charge in [-0.1, -0.05) is 49.7 Å². The summed E-state index contributed by atoms with van der Waals surface area (Å²) in [6.07, 6.45) is 11.5. The number of anilines is 1. The summed E-state index contributed by atoms with van der Waals surface area (Å²) < 4.78 is 5.70. The van der Waals surface area contributed by atoms with Crippen molar-refractivity contribution in [2.24, 2.45) is 0 Å². The van der Waals surface area contributed by atoms with Gasteiger partial charge in [-0.25, -0.2) is 9.69 Å². The molecule has 3 rings (SSSR count). The maximum atomic E-state index is 13.2. The number of amides is 2. The third kappa shape index (κ3) is 6.01. The molecule has 1 atom stereocenters. The molecule has 1 aromatic heterocycles. The second-order valence-corrected chi connectivity index (χ2v) is 8.73. The monoisotopic (exact) mass is 420 g/mol. The molecule has 8 heteroatoms. The molecule has 1 saturated carbocycles. The fourth-order valence-electron chi connectivity index (χ4n) is 3.42. The van der Waals surface area contributed by atoms with E-state index in [4.69, 9.17) is 4.74 Å². The number of carbonyl (C=O) groups excluding carboxylic acids is 2. The van der Waals surface area contributed by atoms with Crippen LogP contribution in [0.3, 0.4) is 0 Å². The van der Waals surface area contributed by atoms with Crippen molar-refractivity contribution in [2.75, 3.05) is 18.0 Å². The van der Waals surface area contributed by atoms with Crippen molar-refractivity contribution >= 4 is 28.5 Å². The fourth-order valence-corrected chi connectivity index (χ4v) is 4.46. The van der Waals surface area contributed by atoms with Gasteiger partial charge in [0.1, 0.15) is 5.01 Å². The molecule has 0 bridgehead atoms. The van der Waals surface area contributed by atoms with Crippen LogP contribution in [0.2, 0.25) is 0 Å². The lowest BCUT2D eigenvalue weighted by Crippen LogP contribution is -2.56. The first-order chi connectivity index (χ1) is 14.1. The first-order valence-corrected chi connectivity index (χ1v) is 11.7. The van der Waals surface area contributed by atoms with Crippen molar-refractivity contribution in [1.29, 1.82) is 0 Å². The van der Waals surface area contributed by atoms with E-state index in [9.17, 15) is 9.59 Å². The molecule has 2 fully saturated rings. The minimum absolute atomic E-state index is 0.127. The standard InChI is InChI=1S/C21H32N4O3S/c1-3-5-7-9-14-24-15-13-17(28-18(26)10-8-6-4-2)25(21(24)27)20-23-22-19(29-20)16-11-12-16/h4,6,16-17H,3,5,7-15H2,1-2H3/b6-4+. The van der Waals surface area contributed by atoms with Gasteiger partial charge in [0.2, 0.25) is 5.13 Å². The Kier molecular flexibility index (Phi) is 8.03. The molecule has 0 aromatic carbocycles. The largest absolute Gasteiger partial charge is 0.441 e. The number of allylic oxidation sites excluding steroid dienone is 2. The lowest BCUT2D eigenvalue weighted by atomic mass is 10.2. The van der Waals surface area contributed by atoms with Crippen molar-refractivity contribution in [3.63, 3.8) is 0 Å². The molecular formula is C21H32N4O3S. The lowest BCUT2D eigenvalue weighted by Gasteiger charge is -2.39. The van der Waals surface area contributed by atoms with Gasteiger partial charge in [0, 0.05) is 31.8 Å². The van der Waals surface area contributed by atoms with Crippen molar-refractivity contribution in [3.05, 3.63) is 17.2 Å². The molecule has 2 amide bonds. The molecule has 0 spiro atoms. The molecule has 160 valence electrons. The number of esters is 1. The van der Waals surface area contributed by atoms with E-state index >= 15 is 0 Å². The van der Waals surface area contributed by atoms with E-state index < -0.39 is 6.23 Å². The first kappa shape index (κ1) is 21.7. The number of carbonyl (C=O) groups is 2. The van der Waals surface area contributed by atoms with Crippen LogP contribution in [-0.4, -0.2) is 46.4 Å². The third-order valence-corrected chi connectivity index (χ3v) is 6.36. The SMILES string of the molecule is C/C=C/CCC(=O)OC1CCN(CCCCCC)C(=O)N1c1nnc(C2CC2)s1. The topological polar surface area (TPSA) is 75.6 Å². The average Bonchev–Trinajstić information content (AvgIpc) is 3.45. The van der Waals surface area contributed by atoms with Gasteiger partial charge >= 0.3 is 12.0 Å². The van der Waals surface area contributed by atoms with E-state index in [2.05, 4.69) is 17.1 Å². The summed E-state index contributed by atoms with van der Waals surface area (Å²) in [5.74, 6) is 0.197. The Bertz CT molecular complexity index is 717. The van der Waals surface area contributed by atoms with Gasteiger partial charge < -0.3 is 9.64 Å². The van der Waals surface area contributed by atoms with Crippen LogP contribution in [-0.2, 0) is 9.53 Å². The van der Waals surface area contributed by atoms with Crippen LogP contribution >= 0.6 is 11.3 Å². The van der Waals surface area contributed by atoms with Crippen molar-refractivity contribution in [1.82, 2.24) is 15.1 Å². The molecule has 2 heterocycles. The van der Waals surface area contributed by atoms with E-state index in [1.54, 1.807) is 4.90 Å². The zero-order valence-corrected chi connectivity index (χ0v) is 18.3. The first-order valence-electron chi connectivity index (χ1n) is 10.9. The summed E-state index contributed by atoms with van der Waals surface area (Å²) in [5, 5.41) is 10.1. The maximum Gasteiger partial charge on any atom is 0.329 e.